The van der Waals surface area contributed by atoms with Gasteiger partial charge in [0.05, 0.1) is 10.6 Å². The highest BCUT2D eigenvalue weighted by Gasteiger charge is 2.38. The van der Waals surface area contributed by atoms with Crippen LogP contribution in [0.5, 0.6) is 0 Å². The van der Waals surface area contributed by atoms with Crippen LogP contribution >= 0.6 is 11.6 Å². The molecular formula is C16H17ClF3N. The Labute approximate surface area is 127 Å². The first-order chi connectivity index (χ1) is 9.84. The highest BCUT2D eigenvalue weighted by atomic mass is 35.5. The number of halogens is 4. The van der Waals surface area contributed by atoms with Gasteiger partial charge in [-0.05, 0) is 55.7 Å². The monoisotopic (exact) mass is 315 g/mol. The van der Waals surface area contributed by atoms with Gasteiger partial charge >= 0.3 is 6.18 Å². The second-order valence-electron chi connectivity index (χ2n) is 6.07. The summed E-state index contributed by atoms with van der Waals surface area (Å²) in [4.78, 5) is 0. The molecule has 5 heteroatoms. The zero-order chi connectivity index (χ0) is 15.2. The molecule has 2 bridgehead atoms. The summed E-state index contributed by atoms with van der Waals surface area (Å²) in [6.45, 7) is 2.04. The molecule has 0 spiro atoms. The van der Waals surface area contributed by atoms with Crippen LogP contribution in [0.25, 0.3) is 0 Å². The van der Waals surface area contributed by atoms with Crippen molar-refractivity contribution >= 4 is 17.3 Å². The number of fused-ring (bicyclic) bond motifs is 2. The van der Waals surface area contributed by atoms with Crippen LogP contribution in [-0.4, -0.2) is 6.04 Å². The van der Waals surface area contributed by atoms with Gasteiger partial charge in [-0.2, -0.15) is 13.2 Å². The van der Waals surface area contributed by atoms with Crippen molar-refractivity contribution in [2.45, 2.75) is 32.0 Å². The summed E-state index contributed by atoms with van der Waals surface area (Å²) in [5, 5.41) is 2.96. The predicted octanol–water partition coefficient (Wildman–Crippen LogP) is 5.37. The zero-order valence-electron chi connectivity index (χ0n) is 11.6. The number of anilines is 1. The van der Waals surface area contributed by atoms with Crippen LogP contribution in [0.2, 0.25) is 5.02 Å². The van der Waals surface area contributed by atoms with Crippen LogP contribution < -0.4 is 5.32 Å². The van der Waals surface area contributed by atoms with E-state index in [0.29, 0.717) is 23.4 Å². The third-order valence-electron chi connectivity index (χ3n) is 4.64. The summed E-state index contributed by atoms with van der Waals surface area (Å²) in [7, 11) is 0. The topological polar surface area (TPSA) is 12.0 Å². The minimum atomic E-state index is -4.42. The molecule has 2 aliphatic carbocycles. The normalized spacial score (nSPS) is 28.9. The highest BCUT2D eigenvalue weighted by molar-refractivity contribution is 6.31. The molecule has 1 saturated carbocycles. The van der Waals surface area contributed by atoms with Crippen LogP contribution in [0.4, 0.5) is 18.9 Å². The van der Waals surface area contributed by atoms with Crippen LogP contribution in [0, 0.1) is 17.8 Å². The largest absolute Gasteiger partial charge is 0.417 e. The van der Waals surface area contributed by atoms with Crippen LogP contribution in [-0.2, 0) is 6.18 Å². The van der Waals surface area contributed by atoms with Gasteiger partial charge in [-0.3, -0.25) is 0 Å². The van der Waals surface area contributed by atoms with Crippen LogP contribution in [0.1, 0.15) is 25.3 Å². The van der Waals surface area contributed by atoms with Crippen molar-refractivity contribution in [3.05, 3.63) is 40.9 Å². The number of nitrogens with one attached hydrogen (secondary N) is 1. The molecule has 0 aliphatic heterocycles. The lowest BCUT2D eigenvalue weighted by Gasteiger charge is -2.27. The molecule has 4 atom stereocenters. The first kappa shape index (κ1) is 14.8. The summed E-state index contributed by atoms with van der Waals surface area (Å²) < 4.78 is 38.6. The Morgan fingerprint density at radius 2 is 2.00 bits per heavy atom. The molecule has 0 saturated heterocycles. The zero-order valence-corrected chi connectivity index (χ0v) is 12.4. The SMILES string of the molecule is CC(Nc1ccc(Cl)c(C(F)(F)F)c1)C1CC2C=CC1C2. The van der Waals surface area contributed by atoms with E-state index in [9.17, 15) is 13.2 Å². The van der Waals surface area contributed by atoms with E-state index in [4.69, 9.17) is 11.6 Å². The Morgan fingerprint density at radius 1 is 1.24 bits per heavy atom. The van der Waals surface area contributed by atoms with E-state index in [-0.39, 0.29) is 11.1 Å². The molecule has 1 N–H and O–H groups in total. The van der Waals surface area contributed by atoms with E-state index >= 15 is 0 Å². The van der Waals surface area contributed by atoms with Gasteiger partial charge in [-0.15, -0.1) is 0 Å². The molecule has 114 valence electrons. The quantitative estimate of drug-likeness (QED) is 0.739. The van der Waals surface area contributed by atoms with Gasteiger partial charge < -0.3 is 5.32 Å². The first-order valence-electron chi connectivity index (χ1n) is 7.16. The molecule has 4 unspecified atom stereocenters. The van der Waals surface area contributed by atoms with Gasteiger partial charge in [0.1, 0.15) is 0 Å². The van der Waals surface area contributed by atoms with E-state index in [1.54, 1.807) is 6.07 Å². The smallest absolute Gasteiger partial charge is 0.382 e. The number of alkyl halides is 3. The van der Waals surface area contributed by atoms with E-state index in [1.807, 2.05) is 6.92 Å². The van der Waals surface area contributed by atoms with Gasteiger partial charge in [-0.1, -0.05) is 23.8 Å². The number of hydrogen-bond donors (Lipinski definition) is 1. The highest BCUT2D eigenvalue weighted by Crippen LogP contribution is 2.45. The molecule has 0 aromatic heterocycles. The summed E-state index contributed by atoms with van der Waals surface area (Å²) >= 11 is 5.64. The van der Waals surface area contributed by atoms with Gasteiger partial charge in [0.25, 0.3) is 0 Å². The maximum atomic E-state index is 12.9. The standard InChI is InChI=1S/C16H17ClF3N/c1-9(13-7-10-2-3-11(13)6-10)21-12-4-5-15(17)14(8-12)16(18,19)20/h2-5,8-11,13,21H,6-7H2,1H3. The summed E-state index contributed by atoms with van der Waals surface area (Å²) in [6, 6.07) is 4.16. The van der Waals surface area contributed by atoms with Gasteiger partial charge in [0, 0.05) is 11.7 Å². The average molecular weight is 316 g/mol. The van der Waals surface area contributed by atoms with Crippen molar-refractivity contribution in [3.8, 4) is 0 Å². The van der Waals surface area contributed by atoms with E-state index in [1.165, 1.54) is 12.5 Å². The lowest BCUT2D eigenvalue weighted by molar-refractivity contribution is -0.137. The van der Waals surface area contributed by atoms with Crippen molar-refractivity contribution in [1.82, 2.24) is 0 Å². The summed E-state index contributed by atoms with van der Waals surface area (Å²) in [5.41, 5.74) is -0.305. The fourth-order valence-corrected chi connectivity index (χ4v) is 3.83. The average Bonchev–Trinajstić information content (AvgIpc) is 3.02. The molecule has 0 amide bonds. The van der Waals surface area contributed by atoms with Gasteiger partial charge in [-0.25, -0.2) is 0 Å². The molecule has 0 radical (unpaired) electrons. The molecule has 2 aliphatic rings. The number of rotatable bonds is 3. The first-order valence-corrected chi connectivity index (χ1v) is 7.54. The van der Waals surface area contributed by atoms with Crippen molar-refractivity contribution in [1.29, 1.82) is 0 Å². The Balaban J connectivity index is 1.74. The van der Waals surface area contributed by atoms with Crippen molar-refractivity contribution < 1.29 is 13.2 Å². The molecule has 1 aromatic rings. The van der Waals surface area contributed by atoms with Gasteiger partial charge in [0.15, 0.2) is 0 Å². The fraction of sp³-hybridized carbons (Fsp3) is 0.500. The van der Waals surface area contributed by atoms with Gasteiger partial charge in [0.2, 0.25) is 0 Å². The second kappa shape index (κ2) is 5.24. The van der Waals surface area contributed by atoms with Crippen LogP contribution in [0.15, 0.2) is 30.4 Å². The summed E-state index contributed by atoms with van der Waals surface area (Å²) in [5.74, 6) is 1.71. The van der Waals surface area contributed by atoms with Crippen molar-refractivity contribution in [2.75, 3.05) is 5.32 Å². The third kappa shape index (κ3) is 2.91. The molecule has 1 nitrogen and oxygen atoms in total. The lowest BCUT2D eigenvalue weighted by Crippen LogP contribution is -2.28. The Hall–Kier alpha value is -1.16. The molecule has 1 fully saturated rings. The number of hydrogen-bond acceptors (Lipinski definition) is 1. The number of benzene rings is 1. The third-order valence-corrected chi connectivity index (χ3v) is 4.97. The second-order valence-corrected chi connectivity index (χ2v) is 6.48. The Kier molecular flexibility index (Phi) is 3.68. The van der Waals surface area contributed by atoms with E-state index in [0.717, 1.165) is 12.5 Å². The van der Waals surface area contributed by atoms with E-state index < -0.39 is 11.7 Å². The number of allylic oxidation sites excluding steroid dienone is 2. The Bertz CT molecular complexity index is 567. The lowest BCUT2D eigenvalue weighted by atomic mass is 9.87. The summed E-state index contributed by atoms with van der Waals surface area (Å²) in [6.07, 6.45) is 2.39. The fourth-order valence-electron chi connectivity index (χ4n) is 3.60. The maximum absolute atomic E-state index is 12.9. The maximum Gasteiger partial charge on any atom is 0.417 e. The van der Waals surface area contributed by atoms with Crippen molar-refractivity contribution in [2.24, 2.45) is 17.8 Å². The van der Waals surface area contributed by atoms with E-state index in [2.05, 4.69) is 17.5 Å². The molecule has 0 heterocycles. The van der Waals surface area contributed by atoms with Crippen LogP contribution in [0.3, 0.4) is 0 Å². The molecule has 21 heavy (non-hydrogen) atoms. The predicted molar refractivity (Wildman–Crippen MR) is 78.4 cm³/mol. The minimum absolute atomic E-state index is 0.146. The molecular weight excluding hydrogens is 299 g/mol. The molecule has 1 aromatic carbocycles. The van der Waals surface area contributed by atoms with Crippen molar-refractivity contribution in [3.63, 3.8) is 0 Å². The molecule has 3 rings (SSSR count). The Morgan fingerprint density at radius 3 is 2.57 bits per heavy atom. The minimum Gasteiger partial charge on any atom is -0.382 e.